The lowest BCUT2D eigenvalue weighted by atomic mass is 10.0. The van der Waals surface area contributed by atoms with Gasteiger partial charge in [0, 0.05) is 21.9 Å². The van der Waals surface area contributed by atoms with Crippen LogP contribution < -0.4 is 5.32 Å². The van der Waals surface area contributed by atoms with E-state index in [0.29, 0.717) is 15.7 Å². The smallest absolute Gasteiger partial charge is 0.253 e. The zero-order valence-electron chi connectivity index (χ0n) is 11.0. The molecule has 2 heterocycles. The van der Waals surface area contributed by atoms with Gasteiger partial charge in [0.15, 0.2) is 0 Å². The summed E-state index contributed by atoms with van der Waals surface area (Å²) in [4.78, 5) is 17.4. The van der Waals surface area contributed by atoms with E-state index in [1.54, 1.807) is 23.9 Å². The van der Waals surface area contributed by atoms with Crippen LogP contribution in [0.5, 0.6) is 0 Å². The molecule has 1 aliphatic heterocycles. The number of hydrogen-bond donors (Lipinski definition) is 1. The molecular weight excluding hydrogens is 327 g/mol. The monoisotopic (exact) mass is 338 g/mol. The molecule has 1 aromatic heterocycles. The third kappa shape index (κ3) is 3.34. The van der Waals surface area contributed by atoms with Crippen molar-refractivity contribution in [1.82, 2.24) is 10.3 Å². The maximum Gasteiger partial charge on any atom is 0.253 e. The molecule has 2 aromatic rings. The number of amides is 1. The number of benzene rings is 1. The van der Waals surface area contributed by atoms with Gasteiger partial charge in [0.25, 0.3) is 5.91 Å². The fourth-order valence-electron chi connectivity index (χ4n) is 2.27. The zero-order valence-corrected chi connectivity index (χ0v) is 13.3. The number of aromatic nitrogens is 1. The molecule has 0 saturated carbocycles. The highest BCUT2D eigenvalue weighted by Gasteiger charge is 2.23. The normalized spacial score (nSPS) is 17.1. The largest absolute Gasteiger partial charge is 0.345 e. The van der Waals surface area contributed by atoms with Gasteiger partial charge >= 0.3 is 0 Å². The molecule has 21 heavy (non-hydrogen) atoms. The third-order valence-corrected chi connectivity index (χ3v) is 4.89. The summed E-state index contributed by atoms with van der Waals surface area (Å²) in [5, 5.41) is 4.10. The van der Waals surface area contributed by atoms with Crippen LogP contribution in [0.15, 0.2) is 41.4 Å². The zero-order chi connectivity index (χ0) is 14.8. The number of nitrogens with one attached hydrogen (secondary N) is 1. The lowest BCUT2D eigenvalue weighted by Gasteiger charge is -2.26. The molecule has 108 valence electrons. The second kappa shape index (κ2) is 6.26. The lowest BCUT2D eigenvalue weighted by Crippen LogP contribution is -2.30. The molecule has 6 heteroatoms. The molecule has 1 amide bonds. The van der Waals surface area contributed by atoms with E-state index in [4.69, 9.17) is 23.2 Å². The summed E-state index contributed by atoms with van der Waals surface area (Å²) in [6.45, 7) is 0. The molecule has 0 saturated heterocycles. The molecule has 0 spiro atoms. The van der Waals surface area contributed by atoms with Gasteiger partial charge in [0.05, 0.1) is 11.6 Å². The Hall–Kier alpha value is -1.23. The number of hydrogen-bond acceptors (Lipinski definition) is 3. The van der Waals surface area contributed by atoms with Crippen LogP contribution in [-0.2, 0) is 0 Å². The van der Waals surface area contributed by atoms with Crippen molar-refractivity contribution in [2.75, 3.05) is 5.75 Å². The summed E-state index contributed by atoms with van der Waals surface area (Å²) < 4.78 is 0. The van der Waals surface area contributed by atoms with Crippen LogP contribution in [-0.4, -0.2) is 16.6 Å². The van der Waals surface area contributed by atoms with E-state index in [-0.39, 0.29) is 11.9 Å². The van der Waals surface area contributed by atoms with Crippen LogP contribution in [0.2, 0.25) is 10.2 Å². The van der Waals surface area contributed by atoms with Crippen LogP contribution in [0.3, 0.4) is 0 Å². The van der Waals surface area contributed by atoms with E-state index in [1.165, 1.54) is 11.1 Å². The van der Waals surface area contributed by atoms with Crippen molar-refractivity contribution in [3.63, 3.8) is 0 Å². The predicted molar refractivity (Wildman–Crippen MR) is 86.2 cm³/mol. The van der Waals surface area contributed by atoms with Crippen LogP contribution in [0.4, 0.5) is 0 Å². The van der Waals surface area contributed by atoms with Gasteiger partial charge in [-0.1, -0.05) is 23.2 Å². The number of rotatable bonds is 2. The molecule has 1 atom stereocenters. The Balaban J connectivity index is 1.81. The Bertz CT molecular complexity index is 676. The first-order valence-corrected chi connectivity index (χ1v) is 8.22. The van der Waals surface area contributed by atoms with Gasteiger partial charge in [-0.05, 0) is 42.3 Å². The Kier molecular flexibility index (Phi) is 4.38. The Labute approximate surface area is 137 Å². The quantitative estimate of drug-likeness (QED) is 0.827. The van der Waals surface area contributed by atoms with E-state index < -0.39 is 0 Å². The topological polar surface area (TPSA) is 42.0 Å². The van der Waals surface area contributed by atoms with Crippen molar-refractivity contribution in [3.8, 4) is 0 Å². The second-order valence-electron chi connectivity index (χ2n) is 4.71. The minimum atomic E-state index is -0.151. The maximum atomic E-state index is 12.3. The number of carbonyl (C=O) groups is 1. The highest BCUT2D eigenvalue weighted by molar-refractivity contribution is 7.99. The first-order valence-electron chi connectivity index (χ1n) is 6.48. The van der Waals surface area contributed by atoms with Crippen LogP contribution in [0, 0.1) is 0 Å². The van der Waals surface area contributed by atoms with Gasteiger partial charge in [-0.25, -0.2) is 4.98 Å². The van der Waals surface area contributed by atoms with Gasteiger partial charge in [-0.2, -0.15) is 0 Å². The molecule has 1 N–H and O–H groups in total. The fraction of sp³-hybridized carbons (Fsp3) is 0.200. The lowest BCUT2D eigenvalue weighted by molar-refractivity contribution is 0.0934. The standard InChI is InChI=1S/C15H12Cl2N2OS/c16-10-2-3-13-11(7-10)12(5-6-21-13)19-15(20)9-1-4-14(17)18-8-9/h1-4,7-8,12H,5-6H2,(H,19,20). The van der Waals surface area contributed by atoms with Crippen molar-refractivity contribution in [2.24, 2.45) is 0 Å². The minimum Gasteiger partial charge on any atom is -0.345 e. The summed E-state index contributed by atoms with van der Waals surface area (Å²) in [6, 6.07) is 9.06. The molecule has 0 radical (unpaired) electrons. The summed E-state index contributed by atoms with van der Waals surface area (Å²) in [7, 11) is 0. The number of thioether (sulfide) groups is 1. The average molecular weight is 339 g/mol. The van der Waals surface area contributed by atoms with Crippen molar-refractivity contribution < 1.29 is 4.79 Å². The van der Waals surface area contributed by atoms with E-state index in [9.17, 15) is 4.79 Å². The SMILES string of the molecule is O=C(NC1CCSc2ccc(Cl)cc21)c1ccc(Cl)nc1. The number of pyridine rings is 1. The van der Waals surface area contributed by atoms with Gasteiger partial charge < -0.3 is 5.32 Å². The third-order valence-electron chi connectivity index (χ3n) is 3.31. The number of carbonyl (C=O) groups excluding carboxylic acids is 1. The van der Waals surface area contributed by atoms with Gasteiger partial charge in [-0.15, -0.1) is 11.8 Å². The first-order chi connectivity index (χ1) is 10.1. The second-order valence-corrected chi connectivity index (χ2v) is 6.68. The first kappa shape index (κ1) is 14.7. The number of nitrogens with zero attached hydrogens (tertiary/aromatic N) is 1. The molecule has 1 aromatic carbocycles. The molecule has 1 aliphatic rings. The Morgan fingerprint density at radius 3 is 2.90 bits per heavy atom. The maximum absolute atomic E-state index is 12.3. The fourth-order valence-corrected chi connectivity index (χ4v) is 3.66. The van der Waals surface area contributed by atoms with E-state index >= 15 is 0 Å². The highest BCUT2D eigenvalue weighted by Crippen LogP contribution is 2.37. The van der Waals surface area contributed by atoms with Crippen LogP contribution >= 0.6 is 35.0 Å². The van der Waals surface area contributed by atoms with Crippen molar-refractivity contribution in [2.45, 2.75) is 17.4 Å². The van der Waals surface area contributed by atoms with Crippen LogP contribution in [0.1, 0.15) is 28.4 Å². The average Bonchev–Trinajstić information content (AvgIpc) is 2.48. The summed E-state index contributed by atoms with van der Waals surface area (Å²) >= 11 is 13.6. The molecule has 3 nitrogen and oxygen atoms in total. The van der Waals surface area contributed by atoms with E-state index in [2.05, 4.69) is 10.3 Å². The van der Waals surface area contributed by atoms with Gasteiger partial charge in [0.2, 0.25) is 0 Å². The van der Waals surface area contributed by atoms with Crippen molar-refractivity contribution in [3.05, 3.63) is 57.8 Å². The highest BCUT2D eigenvalue weighted by atomic mass is 35.5. The summed E-state index contributed by atoms with van der Waals surface area (Å²) in [5.74, 6) is 0.820. The Morgan fingerprint density at radius 2 is 2.14 bits per heavy atom. The summed E-state index contributed by atoms with van der Waals surface area (Å²) in [5.41, 5.74) is 1.58. The molecule has 1 unspecified atom stereocenters. The van der Waals surface area contributed by atoms with Crippen LogP contribution in [0.25, 0.3) is 0 Å². The molecular formula is C15H12Cl2N2OS. The Morgan fingerprint density at radius 1 is 1.29 bits per heavy atom. The molecule has 0 fully saturated rings. The van der Waals surface area contributed by atoms with E-state index in [1.807, 2.05) is 18.2 Å². The molecule has 0 aliphatic carbocycles. The number of fused-ring (bicyclic) bond motifs is 1. The van der Waals surface area contributed by atoms with Crippen molar-refractivity contribution >= 4 is 40.9 Å². The summed E-state index contributed by atoms with van der Waals surface area (Å²) in [6.07, 6.45) is 2.36. The minimum absolute atomic E-state index is 0.0249. The van der Waals surface area contributed by atoms with E-state index in [0.717, 1.165) is 17.7 Å². The van der Waals surface area contributed by atoms with Crippen molar-refractivity contribution in [1.29, 1.82) is 0 Å². The van der Waals surface area contributed by atoms with Gasteiger partial charge in [-0.3, -0.25) is 4.79 Å². The van der Waals surface area contributed by atoms with Gasteiger partial charge in [0.1, 0.15) is 5.15 Å². The predicted octanol–water partition coefficient (Wildman–Crippen LogP) is 4.36. The molecule has 3 rings (SSSR count). The number of halogens is 2. The molecule has 0 bridgehead atoms.